The van der Waals surface area contributed by atoms with E-state index in [1.165, 1.54) is 6.07 Å². The zero-order chi connectivity index (χ0) is 13.0. The molecule has 1 rings (SSSR count). The van der Waals surface area contributed by atoms with Crippen LogP contribution in [-0.4, -0.2) is 17.7 Å². The van der Waals surface area contributed by atoms with E-state index in [9.17, 15) is 13.6 Å². The van der Waals surface area contributed by atoms with E-state index in [1.54, 1.807) is 13.0 Å². The number of hydrogen-bond acceptors (Lipinski definition) is 2. The first kappa shape index (κ1) is 13.7. The summed E-state index contributed by atoms with van der Waals surface area (Å²) in [5.41, 5.74) is 1.47. The Kier molecular flexibility index (Phi) is 4.69. The Labute approximate surface area is 102 Å². The highest BCUT2D eigenvalue weighted by molar-refractivity contribution is 6.17. The average Bonchev–Trinajstić information content (AvgIpc) is 2.21. The number of hydrogen-bond donors (Lipinski definition) is 1. The molecule has 1 aromatic rings. The fourth-order valence-corrected chi connectivity index (χ4v) is 1.90. The van der Waals surface area contributed by atoms with Gasteiger partial charge in [0.05, 0.1) is 6.42 Å². The van der Waals surface area contributed by atoms with Gasteiger partial charge in [0.1, 0.15) is 5.75 Å². The maximum Gasteiger partial charge on any atom is 0.387 e. The van der Waals surface area contributed by atoms with E-state index in [-0.39, 0.29) is 17.2 Å². The van der Waals surface area contributed by atoms with Gasteiger partial charge in [-0.25, -0.2) is 0 Å². The van der Waals surface area contributed by atoms with Gasteiger partial charge in [-0.3, -0.25) is 4.79 Å². The van der Waals surface area contributed by atoms with Gasteiger partial charge in [-0.05, 0) is 24.1 Å². The van der Waals surface area contributed by atoms with Crippen molar-refractivity contribution >= 4 is 17.6 Å². The summed E-state index contributed by atoms with van der Waals surface area (Å²) in [4.78, 5) is 10.7. The van der Waals surface area contributed by atoms with Crippen molar-refractivity contribution in [2.45, 2.75) is 25.8 Å². The third kappa shape index (κ3) is 3.56. The minimum atomic E-state index is -2.99. The highest BCUT2D eigenvalue weighted by Gasteiger charge is 2.17. The largest absolute Gasteiger partial charge is 0.481 e. The Morgan fingerprint density at radius 3 is 2.59 bits per heavy atom. The Hall–Kier alpha value is -1.36. The van der Waals surface area contributed by atoms with Gasteiger partial charge in [-0.2, -0.15) is 8.78 Å². The molecular formula is C11H11ClF2O3. The zero-order valence-electron chi connectivity index (χ0n) is 9.04. The van der Waals surface area contributed by atoms with Crippen LogP contribution in [0.1, 0.15) is 16.7 Å². The third-order valence-corrected chi connectivity index (χ3v) is 2.57. The van der Waals surface area contributed by atoms with Gasteiger partial charge < -0.3 is 9.84 Å². The molecule has 0 fully saturated rings. The van der Waals surface area contributed by atoms with E-state index in [0.717, 1.165) is 5.56 Å². The quantitative estimate of drug-likeness (QED) is 0.832. The van der Waals surface area contributed by atoms with Crippen molar-refractivity contribution < 1.29 is 23.4 Å². The highest BCUT2D eigenvalue weighted by atomic mass is 35.5. The number of aryl methyl sites for hydroxylation is 1. The van der Waals surface area contributed by atoms with E-state index in [2.05, 4.69) is 4.74 Å². The molecule has 0 aliphatic heterocycles. The Bertz CT molecular complexity index is 421. The maximum atomic E-state index is 12.2. The van der Waals surface area contributed by atoms with Crippen LogP contribution in [0.15, 0.2) is 12.1 Å². The van der Waals surface area contributed by atoms with Crippen LogP contribution in [0.2, 0.25) is 0 Å². The number of carboxylic acids is 1. The summed E-state index contributed by atoms with van der Waals surface area (Å²) >= 11 is 5.69. The summed E-state index contributed by atoms with van der Waals surface area (Å²) in [6, 6.07) is 2.90. The molecule has 0 radical (unpaired) electrons. The van der Waals surface area contributed by atoms with Crippen molar-refractivity contribution in [1.29, 1.82) is 0 Å². The minimum Gasteiger partial charge on any atom is -0.481 e. The fourth-order valence-electron chi connectivity index (χ4n) is 1.53. The van der Waals surface area contributed by atoms with Crippen LogP contribution in [0, 0.1) is 6.92 Å². The second-order valence-corrected chi connectivity index (χ2v) is 3.69. The maximum absolute atomic E-state index is 12.2. The van der Waals surface area contributed by atoms with Crippen LogP contribution in [-0.2, 0) is 17.1 Å². The molecule has 17 heavy (non-hydrogen) atoms. The zero-order valence-corrected chi connectivity index (χ0v) is 9.80. The van der Waals surface area contributed by atoms with Crippen LogP contribution in [0.25, 0.3) is 0 Å². The summed E-state index contributed by atoms with van der Waals surface area (Å²) in [7, 11) is 0. The summed E-state index contributed by atoms with van der Waals surface area (Å²) < 4.78 is 28.6. The molecule has 3 nitrogen and oxygen atoms in total. The monoisotopic (exact) mass is 264 g/mol. The first-order valence-corrected chi connectivity index (χ1v) is 5.33. The number of alkyl halides is 3. The average molecular weight is 265 g/mol. The second kappa shape index (κ2) is 5.82. The molecule has 0 spiro atoms. The lowest BCUT2D eigenvalue weighted by Gasteiger charge is -2.14. The van der Waals surface area contributed by atoms with Crippen molar-refractivity contribution in [2.24, 2.45) is 0 Å². The molecule has 0 heterocycles. The minimum absolute atomic E-state index is 0.0505. The molecule has 1 N–H and O–H groups in total. The molecule has 0 aliphatic rings. The highest BCUT2D eigenvalue weighted by Crippen LogP contribution is 2.28. The molecule has 0 bridgehead atoms. The lowest BCUT2D eigenvalue weighted by atomic mass is 10.00. The first-order valence-electron chi connectivity index (χ1n) is 4.79. The number of ether oxygens (including phenoxy) is 1. The fraction of sp³-hybridized carbons (Fsp3) is 0.364. The molecule has 0 amide bonds. The number of carbonyl (C=O) groups is 1. The summed E-state index contributed by atoms with van der Waals surface area (Å²) in [5, 5.41) is 8.75. The summed E-state index contributed by atoms with van der Waals surface area (Å²) in [6.45, 7) is -1.26. The van der Waals surface area contributed by atoms with Gasteiger partial charge in [0.15, 0.2) is 0 Å². The molecule has 0 atom stereocenters. The Morgan fingerprint density at radius 2 is 2.12 bits per heavy atom. The van der Waals surface area contributed by atoms with Crippen molar-refractivity contribution in [1.82, 2.24) is 0 Å². The van der Waals surface area contributed by atoms with Gasteiger partial charge in [0, 0.05) is 11.4 Å². The van der Waals surface area contributed by atoms with Gasteiger partial charge in [0.25, 0.3) is 0 Å². The van der Waals surface area contributed by atoms with Crippen LogP contribution in [0.5, 0.6) is 5.75 Å². The Balaban J connectivity index is 3.23. The van der Waals surface area contributed by atoms with Gasteiger partial charge in [-0.15, -0.1) is 11.6 Å². The lowest BCUT2D eigenvalue weighted by molar-refractivity contribution is -0.136. The van der Waals surface area contributed by atoms with Crippen molar-refractivity contribution in [3.63, 3.8) is 0 Å². The number of halogens is 3. The molecule has 1 aromatic carbocycles. The predicted octanol–water partition coefficient (Wildman–Crippen LogP) is 2.96. The predicted molar refractivity (Wildman–Crippen MR) is 58.7 cm³/mol. The Morgan fingerprint density at radius 1 is 1.47 bits per heavy atom. The first-order chi connectivity index (χ1) is 7.95. The van der Waals surface area contributed by atoms with Crippen molar-refractivity contribution in [3.8, 4) is 5.75 Å². The van der Waals surface area contributed by atoms with Crippen LogP contribution in [0.4, 0.5) is 8.78 Å². The third-order valence-electron chi connectivity index (χ3n) is 2.30. The van der Waals surface area contributed by atoms with Gasteiger partial charge in [0.2, 0.25) is 0 Å². The topological polar surface area (TPSA) is 46.5 Å². The van der Waals surface area contributed by atoms with E-state index in [1.807, 2.05) is 0 Å². The van der Waals surface area contributed by atoms with E-state index in [0.29, 0.717) is 5.56 Å². The molecule has 0 aliphatic carbocycles. The van der Waals surface area contributed by atoms with E-state index < -0.39 is 19.0 Å². The number of benzene rings is 1. The standard InChI is InChI=1S/C11H11ClF2O3/c1-6-2-3-9(17-11(13)14)7(4-10(15)16)8(6)5-12/h2-3,11H,4-5H2,1H3,(H,15,16). The van der Waals surface area contributed by atoms with Crippen LogP contribution < -0.4 is 4.74 Å². The second-order valence-electron chi connectivity index (χ2n) is 3.42. The molecule has 0 unspecified atom stereocenters. The lowest BCUT2D eigenvalue weighted by Crippen LogP contribution is -2.10. The van der Waals surface area contributed by atoms with E-state index >= 15 is 0 Å². The molecule has 94 valence electrons. The molecule has 0 saturated heterocycles. The summed E-state index contributed by atoms with van der Waals surface area (Å²) in [6.07, 6.45) is -0.397. The van der Waals surface area contributed by atoms with Crippen molar-refractivity contribution in [2.75, 3.05) is 0 Å². The number of aliphatic carboxylic acids is 1. The molecule has 6 heteroatoms. The smallest absolute Gasteiger partial charge is 0.387 e. The molecule has 0 aromatic heterocycles. The van der Waals surface area contributed by atoms with Gasteiger partial charge in [-0.1, -0.05) is 6.07 Å². The molecule has 0 saturated carbocycles. The SMILES string of the molecule is Cc1ccc(OC(F)F)c(CC(=O)O)c1CCl. The van der Waals surface area contributed by atoms with E-state index in [4.69, 9.17) is 16.7 Å². The number of carboxylic acid groups (broad SMARTS) is 1. The summed E-state index contributed by atoms with van der Waals surface area (Å²) in [5.74, 6) is -1.21. The van der Waals surface area contributed by atoms with Gasteiger partial charge >= 0.3 is 12.6 Å². The normalized spacial score (nSPS) is 10.6. The van der Waals surface area contributed by atoms with Crippen LogP contribution >= 0.6 is 11.6 Å². The number of rotatable bonds is 5. The molecular weight excluding hydrogens is 254 g/mol. The van der Waals surface area contributed by atoms with Crippen molar-refractivity contribution in [3.05, 3.63) is 28.8 Å². The van der Waals surface area contributed by atoms with Crippen LogP contribution in [0.3, 0.4) is 0 Å².